The second-order valence-electron chi connectivity index (χ2n) is 7.60. The summed E-state index contributed by atoms with van der Waals surface area (Å²) in [5.41, 5.74) is -1.07. The molecular weight excluding hydrogens is 446 g/mol. The van der Waals surface area contributed by atoms with Gasteiger partial charge in [0, 0.05) is 10.4 Å². The van der Waals surface area contributed by atoms with Crippen LogP contribution in [0.15, 0.2) is 0 Å². The van der Waals surface area contributed by atoms with E-state index >= 15 is 0 Å². The average Bonchev–Trinajstić information content (AvgIpc) is 2.58. The van der Waals surface area contributed by atoms with Crippen molar-refractivity contribution in [2.24, 2.45) is 5.41 Å². The maximum absolute atomic E-state index is 11.8. The van der Waals surface area contributed by atoms with Crippen molar-refractivity contribution in [1.29, 1.82) is 0 Å². The van der Waals surface area contributed by atoms with Crippen LogP contribution in [0.1, 0.15) is 110 Å². The van der Waals surface area contributed by atoms with E-state index in [0.29, 0.717) is 12.8 Å². The Labute approximate surface area is 232 Å². The minimum Gasteiger partial charge on any atom is -0.759 e. The van der Waals surface area contributed by atoms with E-state index < -0.39 is 27.8 Å². The Hall–Kier alpha value is 0.810. The molecule has 0 saturated heterocycles. The molecule has 2 N–H and O–H groups in total. The van der Waals surface area contributed by atoms with Crippen molar-refractivity contribution in [3.05, 3.63) is 0 Å². The van der Waals surface area contributed by atoms with Gasteiger partial charge in [-0.25, -0.2) is 0 Å². The Morgan fingerprint density at radius 1 is 0.710 bits per heavy atom. The summed E-state index contributed by atoms with van der Waals surface area (Å²) >= 11 is 0. The SMILES string of the molecule is CCCCCCCCC(CCCCCCCC)(CC(=O)O)C(=O)O.O=S(=O)([O-])[O-].[Na+].[Na+]. The number of rotatable bonds is 17. The van der Waals surface area contributed by atoms with Crippen molar-refractivity contribution in [3.8, 4) is 0 Å². The topological polar surface area (TPSA) is 155 Å². The van der Waals surface area contributed by atoms with Gasteiger partial charge >= 0.3 is 71.1 Å². The Morgan fingerprint density at radius 2 is 1.00 bits per heavy atom. The number of carboxylic acids is 2. The maximum atomic E-state index is 11.8. The van der Waals surface area contributed by atoms with Crippen molar-refractivity contribution in [2.45, 2.75) is 110 Å². The molecule has 0 radical (unpaired) electrons. The quantitative estimate of drug-likeness (QED) is 0.112. The van der Waals surface area contributed by atoms with Crippen LogP contribution in [0.2, 0.25) is 0 Å². The molecule has 0 saturated carbocycles. The van der Waals surface area contributed by atoms with Crippen LogP contribution in [0, 0.1) is 5.41 Å². The molecule has 0 heterocycles. The molecule has 0 amide bonds. The van der Waals surface area contributed by atoms with E-state index in [4.69, 9.17) is 17.5 Å². The molecular formula is C20H38Na2O8S. The average molecular weight is 485 g/mol. The van der Waals surface area contributed by atoms with Crippen LogP contribution in [-0.2, 0) is 20.0 Å². The molecule has 0 aromatic carbocycles. The molecule has 8 nitrogen and oxygen atoms in total. The van der Waals surface area contributed by atoms with Crippen LogP contribution in [-0.4, -0.2) is 39.7 Å². The van der Waals surface area contributed by atoms with E-state index in [1.807, 2.05) is 0 Å². The fraction of sp³-hybridized carbons (Fsp3) is 0.900. The van der Waals surface area contributed by atoms with E-state index in [1.54, 1.807) is 0 Å². The fourth-order valence-electron chi connectivity index (χ4n) is 3.37. The largest absolute Gasteiger partial charge is 1.00 e. The van der Waals surface area contributed by atoms with Gasteiger partial charge in [0.05, 0.1) is 11.8 Å². The van der Waals surface area contributed by atoms with Gasteiger partial charge in [0.1, 0.15) is 0 Å². The Bertz CT molecular complexity index is 517. The van der Waals surface area contributed by atoms with Gasteiger partial charge < -0.3 is 19.3 Å². The van der Waals surface area contributed by atoms with Crippen LogP contribution in [0.5, 0.6) is 0 Å². The molecule has 31 heavy (non-hydrogen) atoms. The van der Waals surface area contributed by atoms with Crippen molar-refractivity contribution < 1.29 is 96.4 Å². The fourth-order valence-corrected chi connectivity index (χ4v) is 3.37. The van der Waals surface area contributed by atoms with Crippen molar-refractivity contribution >= 4 is 22.3 Å². The van der Waals surface area contributed by atoms with E-state index in [0.717, 1.165) is 38.5 Å². The summed E-state index contributed by atoms with van der Waals surface area (Å²) in [6.45, 7) is 4.34. The summed E-state index contributed by atoms with van der Waals surface area (Å²) in [5, 5.41) is 18.9. The molecule has 0 atom stereocenters. The predicted octanol–water partition coefficient (Wildman–Crippen LogP) is -1.30. The summed E-state index contributed by atoms with van der Waals surface area (Å²) in [6.07, 6.45) is 13.8. The van der Waals surface area contributed by atoms with Crippen LogP contribution in [0.3, 0.4) is 0 Å². The Morgan fingerprint density at radius 3 is 1.26 bits per heavy atom. The van der Waals surface area contributed by atoms with Crippen molar-refractivity contribution in [1.82, 2.24) is 0 Å². The van der Waals surface area contributed by atoms with Gasteiger partial charge in [0.2, 0.25) is 0 Å². The first-order valence-corrected chi connectivity index (χ1v) is 11.9. The van der Waals surface area contributed by atoms with Gasteiger partial charge in [0.15, 0.2) is 0 Å². The first-order valence-electron chi connectivity index (χ1n) is 10.6. The normalized spacial score (nSPS) is 10.8. The summed E-state index contributed by atoms with van der Waals surface area (Å²) in [7, 11) is -5.17. The third-order valence-corrected chi connectivity index (χ3v) is 4.96. The molecule has 0 aliphatic rings. The molecule has 0 aliphatic carbocycles. The van der Waals surface area contributed by atoms with Crippen LogP contribution < -0.4 is 59.1 Å². The van der Waals surface area contributed by atoms with Crippen molar-refractivity contribution in [2.75, 3.05) is 0 Å². The van der Waals surface area contributed by atoms with Gasteiger partial charge in [-0.2, -0.15) is 0 Å². The van der Waals surface area contributed by atoms with Crippen LogP contribution >= 0.6 is 0 Å². The minimum atomic E-state index is -5.17. The zero-order valence-electron chi connectivity index (χ0n) is 19.9. The summed E-state index contributed by atoms with van der Waals surface area (Å²) in [5.74, 6) is -1.92. The second kappa shape index (κ2) is 24.0. The number of aliphatic carboxylic acids is 2. The van der Waals surface area contributed by atoms with E-state index in [-0.39, 0.29) is 65.5 Å². The number of hydrogen-bond acceptors (Lipinski definition) is 6. The van der Waals surface area contributed by atoms with Gasteiger partial charge in [-0.15, -0.1) is 0 Å². The van der Waals surface area contributed by atoms with Gasteiger partial charge in [-0.3, -0.25) is 18.0 Å². The maximum Gasteiger partial charge on any atom is 1.00 e. The van der Waals surface area contributed by atoms with E-state index in [9.17, 15) is 19.8 Å². The van der Waals surface area contributed by atoms with Gasteiger partial charge in [0.25, 0.3) is 0 Å². The third-order valence-electron chi connectivity index (χ3n) is 4.96. The van der Waals surface area contributed by atoms with Crippen LogP contribution in [0.25, 0.3) is 0 Å². The molecule has 0 aromatic heterocycles. The van der Waals surface area contributed by atoms with E-state index in [1.165, 1.54) is 38.5 Å². The molecule has 0 fully saturated rings. The molecule has 0 rings (SSSR count). The minimum absolute atomic E-state index is 0. The molecule has 0 aliphatic heterocycles. The molecule has 0 bridgehead atoms. The molecule has 174 valence electrons. The first kappa shape index (κ1) is 39.0. The monoisotopic (exact) mass is 484 g/mol. The molecule has 11 heteroatoms. The number of carboxylic acid groups (broad SMARTS) is 2. The number of unbranched alkanes of at least 4 members (excludes halogenated alkanes) is 10. The summed E-state index contributed by atoms with van der Waals surface area (Å²) in [6, 6.07) is 0. The summed E-state index contributed by atoms with van der Waals surface area (Å²) in [4.78, 5) is 23.0. The Kier molecular flexibility index (Phi) is 30.2. The summed E-state index contributed by atoms with van der Waals surface area (Å²) < 4.78 is 34.1. The van der Waals surface area contributed by atoms with E-state index in [2.05, 4.69) is 13.8 Å². The zero-order valence-corrected chi connectivity index (χ0v) is 24.7. The van der Waals surface area contributed by atoms with Gasteiger partial charge in [-0.1, -0.05) is 90.9 Å². The molecule has 0 unspecified atom stereocenters. The Balaban J connectivity index is -0.000000464. The number of hydrogen-bond donors (Lipinski definition) is 2. The van der Waals surface area contributed by atoms with Crippen LogP contribution in [0.4, 0.5) is 0 Å². The van der Waals surface area contributed by atoms with Gasteiger partial charge in [-0.05, 0) is 12.8 Å². The number of carbonyl (C=O) groups is 2. The predicted molar refractivity (Wildman–Crippen MR) is 109 cm³/mol. The second-order valence-corrected chi connectivity index (χ2v) is 8.42. The molecule has 0 aromatic rings. The standard InChI is InChI=1S/C20H38O4.2Na.H2O4S/c1-3-5-7-9-11-13-15-20(19(23)24,17-18(21)22)16-14-12-10-8-6-4-2;;;1-5(2,3)4/h3-17H2,1-2H3,(H,21,22)(H,23,24);;;(H2,1,2,3,4)/q;2*+1;/p-2. The van der Waals surface area contributed by atoms with Crippen molar-refractivity contribution in [3.63, 3.8) is 0 Å². The smallest absolute Gasteiger partial charge is 0.759 e. The molecule has 0 spiro atoms. The first-order chi connectivity index (χ1) is 13.5. The zero-order chi connectivity index (χ0) is 22.8. The third kappa shape index (κ3) is 28.8.